The Hall–Kier alpha value is -1.94. The van der Waals surface area contributed by atoms with E-state index in [9.17, 15) is 0 Å². The van der Waals surface area contributed by atoms with E-state index in [4.69, 9.17) is 5.73 Å². The van der Waals surface area contributed by atoms with Gasteiger partial charge in [-0.2, -0.15) is 0 Å². The fraction of sp³-hybridized carbons (Fsp3) is 0.333. The lowest BCUT2D eigenvalue weighted by atomic mass is 10.1. The zero-order chi connectivity index (χ0) is 13.7. The van der Waals surface area contributed by atoms with E-state index in [-0.39, 0.29) is 0 Å². The minimum atomic E-state index is 0.574. The molecule has 0 spiro atoms. The van der Waals surface area contributed by atoms with Gasteiger partial charge in [-0.15, -0.1) is 0 Å². The summed E-state index contributed by atoms with van der Waals surface area (Å²) in [5, 5.41) is 0. The quantitative estimate of drug-likeness (QED) is 0.890. The highest BCUT2D eigenvalue weighted by molar-refractivity contribution is 5.39. The van der Waals surface area contributed by atoms with Gasteiger partial charge >= 0.3 is 0 Å². The second kappa shape index (κ2) is 6.29. The van der Waals surface area contributed by atoms with Gasteiger partial charge < -0.3 is 10.6 Å². The van der Waals surface area contributed by atoms with Gasteiger partial charge in [0.1, 0.15) is 12.1 Å². The Labute approximate surface area is 114 Å². The highest BCUT2D eigenvalue weighted by atomic mass is 15.2. The number of aryl methyl sites for hydroxylation is 1. The van der Waals surface area contributed by atoms with Crippen molar-refractivity contribution in [1.82, 2.24) is 9.97 Å². The van der Waals surface area contributed by atoms with Crippen LogP contribution in [0.4, 0.5) is 5.82 Å². The molecule has 2 rings (SSSR count). The Morgan fingerprint density at radius 3 is 2.68 bits per heavy atom. The first-order chi connectivity index (χ1) is 9.22. The molecule has 0 fully saturated rings. The average Bonchev–Trinajstić information content (AvgIpc) is 2.47. The summed E-state index contributed by atoms with van der Waals surface area (Å²) in [6.07, 6.45) is 2.55. The molecule has 0 saturated heterocycles. The molecule has 4 nitrogen and oxygen atoms in total. The molecule has 1 heterocycles. The Bertz CT molecular complexity index is 539. The molecule has 0 aliphatic carbocycles. The Kier molecular flexibility index (Phi) is 4.47. The van der Waals surface area contributed by atoms with Crippen molar-refractivity contribution in [3.8, 4) is 0 Å². The third-order valence-corrected chi connectivity index (χ3v) is 3.11. The minimum absolute atomic E-state index is 0.574. The van der Waals surface area contributed by atoms with Crippen LogP contribution >= 0.6 is 0 Å². The van der Waals surface area contributed by atoms with Crippen molar-refractivity contribution in [3.05, 3.63) is 53.5 Å². The summed E-state index contributed by atoms with van der Waals surface area (Å²) in [4.78, 5) is 10.7. The van der Waals surface area contributed by atoms with Crippen molar-refractivity contribution in [3.63, 3.8) is 0 Å². The standard InChI is InChI=1S/C15H20N4/c1-3-14-8-15(18-11-17-14)19(2)10-13-6-4-5-12(7-13)9-16/h4-8,11H,3,9-10,16H2,1-2H3. The SMILES string of the molecule is CCc1cc(N(C)Cc2cccc(CN)c2)ncn1. The molecule has 0 atom stereocenters. The van der Waals surface area contributed by atoms with Crippen molar-refractivity contribution in [2.75, 3.05) is 11.9 Å². The van der Waals surface area contributed by atoms with Crippen molar-refractivity contribution in [2.24, 2.45) is 5.73 Å². The van der Waals surface area contributed by atoms with Gasteiger partial charge in [0.15, 0.2) is 0 Å². The molecule has 0 saturated carbocycles. The van der Waals surface area contributed by atoms with Gasteiger partial charge in [0.2, 0.25) is 0 Å². The maximum Gasteiger partial charge on any atom is 0.132 e. The lowest BCUT2D eigenvalue weighted by Crippen LogP contribution is -2.18. The molecule has 0 bridgehead atoms. The fourth-order valence-corrected chi connectivity index (χ4v) is 2.00. The van der Waals surface area contributed by atoms with E-state index in [2.05, 4.69) is 33.9 Å². The molecular formula is C15H20N4. The molecule has 2 N–H and O–H groups in total. The molecule has 4 heteroatoms. The Morgan fingerprint density at radius 2 is 1.95 bits per heavy atom. The molecule has 19 heavy (non-hydrogen) atoms. The number of aromatic nitrogens is 2. The molecule has 0 aliphatic rings. The van der Waals surface area contributed by atoms with E-state index in [0.29, 0.717) is 6.54 Å². The van der Waals surface area contributed by atoms with E-state index in [1.165, 1.54) is 5.56 Å². The van der Waals surface area contributed by atoms with Gasteiger partial charge in [0, 0.05) is 31.9 Å². The first-order valence-electron chi connectivity index (χ1n) is 6.53. The largest absolute Gasteiger partial charge is 0.355 e. The third-order valence-electron chi connectivity index (χ3n) is 3.11. The van der Waals surface area contributed by atoms with E-state index >= 15 is 0 Å². The number of hydrogen-bond donors (Lipinski definition) is 1. The smallest absolute Gasteiger partial charge is 0.132 e. The van der Waals surface area contributed by atoms with Crippen LogP contribution in [0.25, 0.3) is 0 Å². The molecule has 2 aromatic rings. The van der Waals surface area contributed by atoms with Crippen LogP contribution in [0.5, 0.6) is 0 Å². The van der Waals surface area contributed by atoms with E-state index in [1.807, 2.05) is 25.2 Å². The third kappa shape index (κ3) is 3.51. The molecule has 0 radical (unpaired) electrons. The second-order valence-electron chi connectivity index (χ2n) is 4.60. The summed E-state index contributed by atoms with van der Waals surface area (Å²) in [5.41, 5.74) is 9.12. The predicted molar refractivity (Wildman–Crippen MR) is 77.9 cm³/mol. The molecule has 1 aromatic carbocycles. The Morgan fingerprint density at radius 1 is 1.16 bits per heavy atom. The molecule has 0 aliphatic heterocycles. The number of benzene rings is 1. The minimum Gasteiger partial charge on any atom is -0.355 e. The lowest BCUT2D eigenvalue weighted by molar-refractivity contribution is 0.875. The number of nitrogens with two attached hydrogens (primary N) is 1. The lowest BCUT2D eigenvalue weighted by Gasteiger charge is -2.18. The molecular weight excluding hydrogens is 236 g/mol. The van der Waals surface area contributed by atoms with Crippen LogP contribution in [-0.2, 0) is 19.5 Å². The van der Waals surface area contributed by atoms with Gasteiger partial charge in [-0.25, -0.2) is 9.97 Å². The first kappa shape index (κ1) is 13.5. The zero-order valence-corrected chi connectivity index (χ0v) is 11.5. The van der Waals surface area contributed by atoms with Gasteiger partial charge in [0.25, 0.3) is 0 Å². The second-order valence-corrected chi connectivity index (χ2v) is 4.60. The van der Waals surface area contributed by atoms with Crippen molar-refractivity contribution in [1.29, 1.82) is 0 Å². The molecule has 100 valence electrons. The average molecular weight is 256 g/mol. The summed E-state index contributed by atoms with van der Waals surface area (Å²) in [7, 11) is 2.04. The van der Waals surface area contributed by atoms with Crippen molar-refractivity contribution >= 4 is 5.82 Å². The number of hydrogen-bond acceptors (Lipinski definition) is 4. The van der Waals surface area contributed by atoms with Crippen LogP contribution in [0, 0.1) is 0 Å². The van der Waals surface area contributed by atoms with E-state index < -0.39 is 0 Å². The maximum absolute atomic E-state index is 5.66. The normalized spacial score (nSPS) is 10.5. The van der Waals surface area contributed by atoms with Gasteiger partial charge in [-0.3, -0.25) is 0 Å². The van der Waals surface area contributed by atoms with Crippen LogP contribution in [0.15, 0.2) is 36.7 Å². The van der Waals surface area contributed by atoms with Crippen LogP contribution < -0.4 is 10.6 Å². The predicted octanol–water partition coefficient (Wildman–Crippen LogP) is 2.13. The first-order valence-corrected chi connectivity index (χ1v) is 6.53. The van der Waals surface area contributed by atoms with Gasteiger partial charge in [0.05, 0.1) is 0 Å². The zero-order valence-electron chi connectivity index (χ0n) is 11.5. The van der Waals surface area contributed by atoms with Crippen LogP contribution in [0.2, 0.25) is 0 Å². The molecule has 0 amide bonds. The van der Waals surface area contributed by atoms with Crippen molar-refractivity contribution in [2.45, 2.75) is 26.4 Å². The summed E-state index contributed by atoms with van der Waals surface area (Å²) in [5.74, 6) is 0.949. The van der Waals surface area contributed by atoms with E-state index in [0.717, 1.165) is 30.0 Å². The Balaban J connectivity index is 2.13. The van der Waals surface area contributed by atoms with Crippen LogP contribution in [0.1, 0.15) is 23.7 Å². The van der Waals surface area contributed by atoms with Gasteiger partial charge in [-0.05, 0) is 17.5 Å². The van der Waals surface area contributed by atoms with E-state index in [1.54, 1.807) is 6.33 Å². The van der Waals surface area contributed by atoms with Crippen LogP contribution in [0.3, 0.4) is 0 Å². The maximum atomic E-state index is 5.66. The number of anilines is 1. The topological polar surface area (TPSA) is 55.0 Å². The number of rotatable bonds is 5. The summed E-state index contributed by atoms with van der Waals surface area (Å²) in [6, 6.07) is 10.4. The highest BCUT2D eigenvalue weighted by Crippen LogP contribution is 2.14. The summed E-state index contributed by atoms with van der Waals surface area (Å²) in [6.45, 7) is 3.48. The monoisotopic (exact) mass is 256 g/mol. The molecule has 0 unspecified atom stereocenters. The molecule has 1 aromatic heterocycles. The fourth-order valence-electron chi connectivity index (χ4n) is 2.00. The number of nitrogens with zero attached hydrogens (tertiary/aromatic N) is 3. The highest BCUT2D eigenvalue weighted by Gasteiger charge is 2.05. The summed E-state index contributed by atoms with van der Waals surface area (Å²) >= 11 is 0. The van der Waals surface area contributed by atoms with Gasteiger partial charge in [-0.1, -0.05) is 31.2 Å². The summed E-state index contributed by atoms with van der Waals surface area (Å²) < 4.78 is 0. The van der Waals surface area contributed by atoms with Crippen molar-refractivity contribution < 1.29 is 0 Å². The van der Waals surface area contributed by atoms with Crippen LogP contribution in [-0.4, -0.2) is 17.0 Å².